The molecule has 1 saturated heterocycles. The second-order valence-corrected chi connectivity index (χ2v) is 10.6. The summed E-state index contributed by atoms with van der Waals surface area (Å²) >= 11 is 5.98. The molecule has 9 heteroatoms. The van der Waals surface area contributed by atoms with E-state index in [1.807, 2.05) is 0 Å². The Hall–Kier alpha value is -1.61. The van der Waals surface area contributed by atoms with E-state index in [1.54, 1.807) is 49.4 Å². The summed E-state index contributed by atoms with van der Waals surface area (Å²) < 4.78 is 51.8. The van der Waals surface area contributed by atoms with Crippen molar-refractivity contribution in [2.24, 2.45) is 0 Å². The lowest BCUT2D eigenvalue weighted by molar-refractivity contribution is 0.184. The zero-order valence-electron chi connectivity index (χ0n) is 13.9. The van der Waals surface area contributed by atoms with Crippen molar-refractivity contribution in [1.29, 1.82) is 0 Å². The number of anilines is 1. The molecule has 1 aliphatic rings. The number of aliphatic hydroxyl groups excluding tert-OH is 1. The Balaban J connectivity index is 2.20. The minimum absolute atomic E-state index is 0.0228. The van der Waals surface area contributed by atoms with Crippen LogP contribution in [0.1, 0.15) is 5.56 Å². The van der Waals surface area contributed by atoms with Crippen LogP contribution in [0.2, 0.25) is 5.02 Å². The number of halogens is 1. The monoisotopic (exact) mass is 415 g/mol. The second kappa shape index (κ2) is 6.84. The summed E-state index contributed by atoms with van der Waals surface area (Å²) in [4.78, 5) is -0.0228. The number of para-hydroxylation sites is 1. The smallest absolute Gasteiger partial charge is 0.265 e. The Morgan fingerprint density at radius 3 is 2.35 bits per heavy atom. The maximum absolute atomic E-state index is 13.4. The molecule has 0 radical (unpaired) electrons. The normalized spacial score (nSPS) is 22.3. The first-order valence-corrected chi connectivity index (χ1v) is 11.5. The van der Waals surface area contributed by atoms with Crippen molar-refractivity contribution in [3.8, 4) is 0 Å². The molecular weight excluding hydrogens is 398 g/mol. The number of rotatable bonds is 4. The molecule has 2 aromatic rings. The quantitative estimate of drug-likeness (QED) is 0.824. The summed E-state index contributed by atoms with van der Waals surface area (Å²) in [5.74, 6) is -0.910. The fraction of sp³-hybridized carbons (Fsp3) is 0.294. The van der Waals surface area contributed by atoms with Crippen LogP contribution in [0.3, 0.4) is 0 Å². The third kappa shape index (κ3) is 3.59. The molecule has 0 bridgehead atoms. The van der Waals surface area contributed by atoms with Crippen molar-refractivity contribution in [1.82, 2.24) is 0 Å². The molecule has 2 atom stereocenters. The lowest BCUT2D eigenvalue weighted by Gasteiger charge is -2.32. The Bertz CT molecular complexity index is 1020. The lowest BCUT2D eigenvalue weighted by atomic mass is 10.2. The highest BCUT2D eigenvalue weighted by molar-refractivity contribution is 7.93. The largest absolute Gasteiger partial charge is 0.390 e. The van der Waals surface area contributed by atoms with Gasteiger partial charge in [0.05, 0.1) is 34.2 Å². The summed E-state index contributed by atoms with van der Waals surface area (Å²) in [5.41, 5.74) is 0.763. The molecule has 0 saturated carbocycles. The van der Waals surface area contributed by atoms with E-state index in [0.717, 1.165) is 4.31 Å². The summed E-state index contributed by atoms with van der Waals surface area (Å²) in [7, 11) is -7.69. The molecule has 1 fully saturated rings. The molecule has 0 unspecified atom stereocenters. The number of hydrogen-bond acceptors (Lipinski definition) is 5. The number of sulfone groups is 1. The minimum atomic E-state index is -4.15. The maximum atomic E-state index is 13.4. The first-order valence-electron chi connectivity index (χ1n) is 7.86. The van der Waals surface area contributed by atoms with Crippen LogP contribution in [0.5, 0.6) is 0 Å². The summed E-state index contributed by atoms with van der Waals surface area (Å²) in [6.45, 7) is 1.63. The molecule has 6 nitrogen and oxygen atoms in total. The van der Waals surface area contributed by atoms with Crippen molar-refractivity contribution in [2.45, 2.75) is 24.0 Å². The van der Waals surface area contributed by atoms with Gasteiger partial charge < -0.3 is 5.11 Å². The maximum Gasteiger partial charge on any atom is 0.265 e. The van der Waals surface area contributed by atoms with Crippen molar-refractivity contribution in [2.75, 3.05) is 15.8 Å². The molecular formula is C17H18ClNO5S2. The van der Waals surface area contributed by atoms with Crippen LogP contribution in [0.4, 0.5) is 5.69 Å². The van der Waals surface area contributed by atoms with Gasteiger partial charge in [-0.1, -0.05) is 35.9 Å². The molecule has 1 heterocycles. The van der Waals surface area contributed by atoms with Gasteiger partial charge in [0.25, 0.3) is 10.0 Å². The van der Waals surface area contributed by atoms with Crippen LogP contribution in [-0.4, -0.2) is 45.6 Å². The Labute approximate surface area is 158 Å². The first kappa shape index (κ1) is 19.2. The van der Waals surface area contributed by atoms with Crippen LogP contribution < -0.4 is 4.31 Å². The summed E-state index contributed by atoms with van der Waals surface area (Å²) in [6.07, 6.45) is -1.31. The standard InChI is InChI=1S/C17H18ClNO5S2/c1-12-7-8-13(18)9-17(12)26(23,24)19(14-5-3-2-4-6-14)15-10-25(21,22)11-16(15)20/h2-9,15-16,20H,10-11H2,1H3/t15-,16-/m1/s1. The van der Waals surface area contributed by atoms with Gasteiger partial charge >= 0.3 is 0 Å². The zero-order chi connectivity index (χ0) is 19.1. The molecule has 3 rings (SSSR count). The Morgan fingerprint density at radius 2 is 1.77 bits per heavy atom. The van der Waals surface area contributed by atoms with Gasteiger partial charge in [0.2, 0.25) is 0 Å². The second-order valence-electron chi connectivity index (χ2n) is 6.26. The van der Waals surface area contributed by atoms with Crippen LogP contribution >= 0.6 is 11.6 Å². The molecule has 0 spiro atoms. The molecule has 0 aromatic heterocycles. The number of hydrogen-bond donors (Lipinski definition) is 1. The minimum Gasteiger partial charge on any atom is -0.390 e. The Morgan fingerprint density at radius 1 is 1.12 bits per heavy atom. The average Bonchev–Trinajstić information content (AvgIpc) is 2.83. The molecule has 140 valence electrons. The number of sulfonamides is 1. The van der Waals surface area contributed by atoms with Gasteiger partial charge in [-0.3, -0.25) is 4.31 Å². The summed E-state index contributed by atoms with van der Waals surface area (Å²) in [6, 6.07) is 11.5. The van der Waals surface area contributed by atoms with E-state index in [-0.39, 0.29) is 15.6 Å². The van der Waals surface area contributed by atoms with Crippen molar-refractivity contribution in [3.63, 3.8) is 0 Å². The highest BCUT2D eigenvalue weighted by Gasteiger charge is 2.45. The van der Waals surface area contributed by atoms with E-state index in [1.165, 1.54) is 6.07 Å². The predicted octanol–water partition coefficient (Wildman–Crippen LogP) is 2.00. The van der Waals surface area contributed by atoms with Gasteiger partial charge in [0.15, 0.2) is 9.84 Å². The SMILES string of the molecule is Cc1ccc(Cl)cc1S(=O)(=O)N(c1ccccc1)[C@@H]1CS(=O)(=O)C[C@H]1O. The molecule has 26 heavy (non-hydrogen) atoms. The van der Waals surface area contributed by atoms with E-state index in [2.05, 4.69) is 0 Å². The highest BCUT2D eigenvalue weighted by atomic mass is 35.5. The zero-order valence-corrected chi connectivity index (χ0v) is 16.3. The molecule has 0 aliphatic carbocycles. The van der Waals surface area contributed by atoms with Crippen LogP contribution in [0.25, 0.3) is 0 Å². The summed E-state index contributed by atoms with van der Waals surface area (Å²) in [5, 5.41) is 10.5. The third-order valence-electron chi connectivity index (χ3n) is 4.29. The van der Waals surface area contributed by atoms with E-state index >= 15 is 0 Å². The molecule has 1 N–H and O–H groups in total. The van der Waals surface area contributed by atoms with Crippen molar-refractivity contribution in [3.05, 3.63) is 59.1 Å². The topological polar surface area (TPSA) is 91.8 Å². The fourth-order valence-corrected chi connectivity index (χ4v) is 7.11. The van der Waals surface area contributed by atoms with Crippen LogP contribution in [0.15, 0.2) is 53.4 Å². The molecule has 0 amide bonds. The molecule has 2 aromatic carbocycles. The van der Waals surface area contributed by atoms with Crippen LogP contribution in [-0.2, 0) is 19.9 Å². The van der Waals surface area contributed by atoms with E-state index in [4.69, 9.17) is 11.6 Å². The van der Waals surface area contributed by atoms with Crippen LogP contribution in [0, 0.1) is 6.92 Å². The van der Waals surface area contributed by atoms with Crippen molar-refractivity contribution >= 4 is 37.1 Å². The van der Waals surface area contributed by atoms with Gasteiger partial charge in [-0.05, 0) is 36.8 Å². The highest BCUT2D eigenvalue weighted by Crippen LogP contribution is 2.33. The lowest BCUT2D eigenvalue weighted by Crippen LogP contribution is -2.47. The first-order chi connectivity index (χ1) is 12.1. The van der Waals surface area contributed by atoms with Gasteiger partial charge in [-0.25, -0.2) is 16.8 Å². The number of benzene rings is 2. The predicted molar refractivity (Wildman–Crippen MR) is 101 cm³/mol. The van der Waals surface area contributed by atoms with Crippen molar-refractivity contribution < 1.29 is 21.9 Å². The van der Waals surface area contributed by atoms with Gasteiger partial charge in [0.1, 0.15) is 0 Å². The van der Waals surface area contributed by atoms with E-state index in [9.17, 15) is 21.9 Å². The number of aryl methyl sites for hydroxylation is 1. The Kier molecular flexibility index (Phi) is 5.04. The van der Waals surface area contributed by atoms with E-state index in [0.29, 0.717) is 5.56 Å². The van der Waals surface area contributed by atoms with Gasteiger partial charge in [0, 0.05) is 5.02 Å². The van der Waals surface area contributed by atoms with E-state index < -0.39 is 43.5 Å². The molecule has 1 aliphatic heterocycles. The number of aliphatic hydroxyl groups is 1. The fourth-order valence-electron chi connectivity index (χ4n) is 3.08. The average molecular weight is 416 g/mol. The number of nitrogens with zero attached hydrogens (tertiary/aromatic N) is 1. The van der Waals surface area contributed by atoms with Gasteiger partial charge in [-0.2, -0.15) is 0 Å². The third-order valence-corrected chi connectivity index (χ3v) is 8.22. The van der Waals surface area contributed by atoms with Gasteiger partial charge in [-0.15, -0.1) is 0 Å².